The highest BCUT2D eigenvalue weighted by Gasteiger charge is 2.14. The zero-order chi connectivity index (χ0) is 29.2. The molecule has 0 nitrogen and oxygen atoms in total. The van der Waals surface area contributed by atoms with Crippen molar-refractivity contribution in [3.63, 3.8) is 0 Å². The van der Waals surface area contributed by atoms with E-state index in [-0.39, 0.29) is 0 Å². The van der Waals surface area contributed by atoms with Gasteiger partial charge in [0.05, 0.1) is 0 Å². The molecule has 11 aromatic rings. The first-order valence-electron chi connectivity index (χ1n) is 15.6. The number of thiophene rings is 1. The maximum absolute atomic E-state index is 2.40. The summed E-state index contributed by atoms with van der Waals surface area (Å²) in [5.74, 6) is 0. The third kappa shape index (κ3) is 3.31. The summed E-state index contributed by atoms with van der Waals surface area (Å²) < 4.78 is 2.67. The lowest BCUT2D eigenvalue weighted by molar-refractivity contribution is 1.71. The molecule has 0 radical (unpaired) electrons. The molecule has 0 spiro atoms. The molecule has 0 bridgehead atoms. The number of benzene rings is 10. The van der Waals surface area contributed by atoms with Gasteiger partial charge in [0, 0.05) is 20.2 Å². The molecule has 0 aliphatic carbocycles. The molecule has 0 amide bonds. The van der Waals surface area contributed by atoms with Crippen molar-refractivity contribution in [3.8, 4) is 22.3 Å². The number of fused-ring (bicyclic) bond motifs is 3. The lowest BCUT2D eigenvalue weighted by Crippen LogP contribution is -1.86. The Labute approximate surface area is 263 Å². The van der Waals surface area contributed by atoms with E-state index < -0.39 is 0 Å². The molecule has 1 heteroatoms. The van der Waals surface area contributed by atoms with Gasteiger partial charge in [-0.25, -0.2) is 0 Å². The average molecular weight is 585 g/mol. The second-order valence-electron chi connectivity index (χ2n) is 12.5. The van der Waals surface area contributed by atoms with Gasteiger partial charge in [-0.05, 0) is 129 Å². The lowest BCUT2D eigenvalue weighted by atomic mass is 9.91. The van der Waals surface area contributed by atoms with Crippen LogP contribution in [0.1, 0.15) is 0 Å². The van der Waals surface area contributed by atoms with E-state index in [9.17, 15) is 0 Å². The summed E-state index contributed by atoms with van der Waals surface area (Å²) in [5, 5.41) is 18.6. The summed E-state index contributed by atoms with van der Waals surface area (Å²) in [6.45, 7) is 0. The Kier molecular flexibility index (Phi) is 4.55. The van der Waals surface area contributed by atoms with Crippen molar-refractivity contribution in [2.45, 2.75) is 0 Å². The predicted octanol–water partition coefficient (Wildman–Crippen LogP) is 13.2. The molecule has 0 saturated heterocycles. The fourth-order valence-corrected chi connectivity index (χ4v) is 9.10. The Morgan fingerprint density at radius 1 is 0.267 bits per heavy atom. The summed E-state index contributed by atoms with van der Waals surface area (Å²) in [5.41, 5.74) is 5.08. The van der Waals surface area contributed by atoms with E-state index in [0.29, 0.717) is 0 Å². The van der Waals surface area contributed by atoms with Crippen LogP contribution in [0, 0.1) is 0 Å². The molecule has 0 saturated carbocycles. The Hall–Kier alpha value is -5.50. The van der Waals surface area contributed by atoms with E-state index >= 15 is 0 Å². The summed E-state index contributed by atoms with van der Waals surface area (Å²) in [6, 6.07) is 54.9. The standard InChI is InChI=1S/C44H24S/c1-3-25-7-11-31-19-35(20-32-12-8-26(4-1)41(25)43(31)32)29-16-18-39-38(23-29)37-17-15-30(24-40(37)45-39)36-21-33-13-9-27-5-2-6-28-10-14-34(22-36)44(33)42(27)28/h1-24H. The van der Waals surface area contributed by atoms with Crippen molar-refractivity contribution in [2.75, 3.05) is 0 Å². The molecule has 10 aromatic carbocycles. The minimum Gasteiger partial charge on any atom is -0.135 e. The summed E-state index contributed by atoms with van der Waals surface area (Å²) in [7, 11) is 0. The quantitative estimate of drug-likeness (QED) is 0.177. The molecule has 206 valence electrons. The molecule has 0 aliphatic rings. The first-order chi connectivity index (χ1) is 22.2. The maximum Gasteiger partial charge on any atom is 0.0361 e. The van der Waals surface area contributed by atoms with Crippen LogP contribution in [-0.2, 0) is 0 Å². The van der Waals surface area contributed by atoms with Gasteiger partial charge >= 0.3 is 0 Å². The van der Waals surface area contributed by atoms with Gasteiger partial charge in [-0.15, -0.1) is 11.3 Å². The number of rotatable bonds is 2. The number of hydrogen-bond donors (Lipinski definition) is 0. The maximum atomic E-state index is 2.40. The van der Waals surface area contributed by atoms with Crippen LogP contribution in [0.4, 0.5) is 0 Å². The minimum absolute atomic E-state index is 1.27. The summed E-state index contributed by atoms with van der Waals surface area (Å²) >= 11 is 1.89. The molecule has 1 aromatic heterocycles. The highest BCUT2D eigenvalue weighted by Crippen LogP contribution is 2.42. The average Bonchev–Trinajstić information content (AvgIpc) is 3.46. The normalized spacial score (nSPS) is 12.4. The van der Waals surface area contributed by atoms with E-state index in [4.69, 9.17) is 0 Å². The van der Waals surface area contributed by atoms with Crippen LogP contribution in [0.25, 0.3) is 107 Å². The smallest absolute Gasteiger partial charge is 0.0361 e. The van der Waals surface area contributed by atoms with Crippen molar-refractivity contribution in [1.29, 1.82) is 0 Å². The Morgan fingerprint density at radius 2 is 0.689 bits per heavy atom. The lowest BCUT2D eigenvalue weighted by Gasteiger charge is -2.13. The monoisotopic (exact) mass is 584 g/mol. The largest absolute Gasteiger partial charge is 0.135 e. The van der Waals surface area contributed by atoms with Crippen molar-refractivity contribution in [1.82, 2.24) is 0 Å². The molecule has 11 rings (SSSR count). The Morgan fingerprint density at radius 3 is 1.20 bits per heavy atom. The van der Waals surface area contributed by atoms with Gasteiger partial charge in [-0.2, -0.15) is 0 Å². The predicted molar refractivity (Wildman–Crippen MR) is 198 cm³/mol. The van der Waals surface area contributed by atoms with Crippen molar-refractivity contribution in [3.05, 3.63) is 146 Å². The first kappa shape index (κ1) is 23.9. The highest BCUT2D eigenvalue weighted by molar-refractivity contribution is 7.25. The molecular weight excluding hydrogens is 561 g/mol. The van der Waals surface area contributed by atoms with E-state index in [1.165, 1.54) is 107 Å². The fraction of sp³-hybridized carbons (Fsp3) is 0. The van der Waals surface area contributed by atoms with Crippen molar-refractivity contribution < 1.29 is 0 Å². The van der Waals surface area contributed by atoms with Gasteiger partial charge in [-0.1, -0.05) is 103 Å². The zero-order valence-electron chi connectivity index (χ0n) is 24.3. The Balaban J connectivity index is 1.05. The van der Waals surface area contributed by atoms with Gasteiger partial charge in [0.2, 0.25) is 0 Å². The van der Waals surface area contributed by atoms with Gasteiger partial charge in [0.15, 0.2) is 0 Å². The van der Waals surface area contributed by atoms with E-state index in [2.05, 4.69) is 146 Å². The van der Waals surface area contributed by atoms with E-state index in [1.54, 1.807) is 0 Å². The van der Waals surface area contributed by atoms with Gasteiger partial charge < -0.3 is 0 Å². The molecule has 0 N–H and O–H groups in total. The summed E-state index contributed by atoms with van der Waals surface area (Å²) in [4.78, 5) is 0. The van der Waals surface area contributed by atoms with Gasteiger partial charge in [-0.3, -0.25) is 0 Å². The molecule has 45 heavy (non-hydrogen) atoms. The van der Waals surface area contributed by atoms with Crippen LogP contribution < -0.4 is 0 Å². The SMILES string of the molecule is c1cc2ccc3cc(-c4ccc5c(c4)sc4ccc(-c6cc7ccc8cccc9ccc(c6)c7c89)cc45)cc4ccc(c1)c2c34. The zero-order valence-corrected chi connectivity index (χ0v) is 25.1. The van der Waals surface area contributed by atoms with Crippen LogP contribution in [0.2, 0.25) is 0 Å². The second kappa shape index (κ2) is 8.57. The number of hydrogen-bond acceptors (Lipinski definition) is 1. The van der Waals surface area contributed by atoms with Crippen LogP contribution in [0.3, 0.4) is 0 Å². The van der Waals surface area contributed by atoms with Crippen LogP contribution >= 0.6 is 11.3 Å². The first-order valence-corrected chi connectivity index (χ1v) is 16.4. The van der Waals surface area contributed by atoms with Crippen LogP contribution in [0.5, 0.6) is 0 Å². The van der Waals surface area contributed by atoms with E-state index in [0.717, 1.165) is 0 Å². The molecule has 0 aliphatic heterocycles. The molecule has 1 heterocycles. The third-order valence-electron chi connectivity index (χ3n) is 10.1. The van der Waals surface area contributed by atoms with Crippen molar-refractivity contribution in [2.24, 2.45) is 0 Å². The molecule has 0 atom stereocenters. The topological polar surface area (TPSA) is 0 Å². The van der Waals surface area contributed by atoms with Gasteiger partial charge in [0.25, 0.3) is 0 Å². The fourth-order valence-electron chi connectivity index (χ4n) is 7.98. The Bertz CT molecular complexity index is 2850. The minimum atomic E-state index is 1.27. The van der Waals surface area contributed by atoms with Crippen LogP contribution in [-0.4, -0.2) is 0 Å². The van der Waals surface area contributed by atoms with Gasteiger partial charge in [0.1, 0.15) is 0 Å². The highest BCUT2D eigenvalue weighted by atomic mass is 32.1. The molecule has 0 fully saturated rings. The second-order valence-corrected chi connectivity index (χ2v) is 13.6. The van der Waals surface area contributed by atoms with Crippen molar-refractivity contribution >= 4 is 96.1 Å². The molecular formula is C44H24S. The third-order valence-corrected chi connectivity index (χ3v) is 11.2. The summed E-state index contributed by atoms with van der Waals surface area (Å²) in [6.07, 6.45) is 0. The van der Waals surface area contributed by atoms with E-state index in [1.807, 2.05) is 11.3 Å². The molecule has 0 unspecified atom stereocenters. The van der Waals surface area contributed by atoms with Crippen LogP contribution in [0.15, 0.2) is 146 Å².